The number of rotatable bonds is 8. The number of amides is 1. The molecular weight excluding hydrogens is 336 g/mol. The summed E-state index contributed by atoms with van der Waals surface area (Å²) in [7, 11) is 1.82. The Morgan fingerprint density at radius 2 is 1.70 bits per heavy atom. The molecule has 1 N–H and O–H groups in total. The van der Waals surface area contributed by atoms with Crippen LogP contribution in [0.3, 0.4) is 0 Å². The number of aromatic nitrogens is 2. The molecule has 1 aromatic carbocycles. The highest BCUT2D eigenvalue weighted by atomic mass is 16.2. The summed E-state index contributed by atoms with van der Waals surface area (Å²) in [5.41, 5.74) is 3.05. The van der Waals surface area contributed by atoms with E-state index < -0.39 is 0 Å². The Labute approximate surface area is 160 Å². The average Bonchev–Trinajstić information content (AvgIpc) is 2.73. The lowest BCUT2D eigenvalue weighted by molar-refractivity contribution is 0.0796. The molecule has 0 aliphatic rings. The summed E-state index contributed by atoms with van der Waals surface area (Å²) in [6.07, 6.45) is 6.91. The van der Waals surface area contributed by atoms with Crippen LogP contribution >= 0.6 is 0 Å². The molecule has 138 valence electrons. The smallest absolute Gasteiger partial charge is 0.255 e. The predicted octanol–water partition coefficient (Wildman–Crippen LogP) is 3.45. The molecule has 0 spiro atoms. The second-order valence-corrected chi connectivity index (χ2v) is 6.43. The van der Waals surface area contributed by atoms with Gasteiger partial charge in [0, 0.05) is 38.7 Å². The number of anilines is 1. The highest BCUT2D eigenvalue weighted by Gasteiger charge is 2.12. The SMILES string of the molecule is CN(CCc1ccncc1)C(=O)c1ccc(NCCc2ccccc2)nc1. The van der Waals surface area contributed by atoms with Gasteiger partial charge in [-0.05, 0) is 48.2 Å². The minimum atomic E-state index is -0.0209. The third-order valence-corrected chi connectivity index (χ3v) is 4.40. The average molecular weight is 360 g/mol. The molecule has 3 aromatic rings. The maximum Gasteiger partial charge on any atom is 0.255 e. The summed E-state index contributed by atoms with van der Waals surface area (Å²) in [4.78, 5) is 22.6. The zero-order valence-electron chi connectivity index (χ0n) is 15.5. The molecule has 0 fully saturated rings. The summed E-state index contributed by atoms with van der Waals surface area (Å²) in [5.74, 6) is 0.759. The quantitative estimate of drug-likeness (QED) is 0.668. The fourth-order valence-corrected chi connectivity index (χ4v) is 2.77. The van der Waals surface area contributed by atoms with E-state index in [0.717, 1.165) is 25.2 Å². The first-order chi connectivity index (χ1) is 13.2. The van der Waals surface area contributed by atoms with Gasteiger partial charge < -0.3 is 10.2 Å². The van der Waals surface area contributed by atoms with E-state index in [4.69, 9.17) is 0 Å². The van der Waals surface area contributed by atoms with Crippen molar-refractivity contribution in [2.24, 2.45) is 0 Å². The monoisotopic (exact) mass is 360 g/mol. The van der Waals surface area contributed by atoms with Gasteiger partial charge in [0.05, 0.1) is 5.56 Å². The summed E-state index contributed by atoms with van der Waals surface area (Å²) in [6, 6.07) is 17.9. The highest BCUT2D eigenvalue weighted by Crippen LogP contribution is 2.09. The Balaban J connectivity index is 1.47. The Kier molecular flexibility index (Phi) is 6.52. The van der Waals surface area contributed by atoms with E-state index in [2.05, 4.69) is 27.4 Å². The third-order valence-electron chi connectivity index (χ3n) is 4.40. The van der Waals surface area contributed by atoms with Crippen molar-refractivity contribution in [2.75, 3.05) is 25.5 Å². The zero-order chi connectivity index (χ0) is 18.9. The Hall–Kier alpha value is -3.21. The number of likely N-dealkylation sites (N-methyl/N-ethyl adjacent to an activating group) is 1. The minimum absolute atomic E-state index is 0.0209. The molecule has 0 atom stereocenters. The molecule has 0 bridgehead atoms. The second kappa shape index (κ2) is 9.48. The van der Waals surface area contributed by atoms with Gasteiger partial charge in [0.1, 0.15) is 5.82 Å². The lowest BCUT2D eigenvalue weighted by Gasteiger charge is -2.17. The standard InChI is InChI=1S/C22H24N4O/c1-26(16-12-19-9-13-23-14-10-19)22(27)20-7-8-21(25-17-20)24-15-11-18-5-3-2-4-6-18/h2-10,13-14,17H,11-12,15-16H2,1H3,(H,24,25). The molecule has 0 saturated carbocycles. The highest BCUT2D eigenvalue weighted by molar-refractivity contribution is 5.93. The van der Waals surface area contributed by atoms with E-state index in [1.54, 1.807) is 23.5 Å². The number of hydrogen-bond acceptors (Lipinski definition) is 4. The molecular formula is C22H24N4O. The van der Waals surface area contributed by atoms with Gasteiger partial charge in [-0.15, -0.1) is 0 Å². The minimum Gasteiger partial charge on any atom is -0.370 e. The fraction of sp³-hybridized carbons (Fsp3) is 0.227. The van der Waals surface area contributed by atoms with Gasteiger partial charge in [0.25, 0.3) is 5.91 Å². The largest absolute Gasteiger partial charge is 0.370 e. The molecule has 0 saturated heterocycles. The number of pyridine rings is 2. The molecule has 5 heteroatoms. The normalized spacial score (nSPS) is 10.4. The molecule has 0 aliphatic heterocycles. The van der Waals surface area contributed by atoms with Crippen molar-refractivity contribution in [3.05, 3.63) is 89.9 Å². The first kappa shape index (κ1) is 18.6. The van der Waals surface area contributed by atoms with Crippen LogP contribution in [0.15, 0.2) is 73.2 Å². The van der Waals surface area contributed by atoms with E-state index in [9.17, 15) is 4.79 Å². The fourth-order valence-electron chi connectivity index (χ4n) is 2.77. The molecule has 0 unspecified atom stereocenters. The number of carbonyl (C=O) groups is 1. The van der Waals surface area contributed by atoms with Gasteiger partial charge in [-0.2, -0.15) is 0 Å². The number of hydrogen-bond donors (Lipinski definition) is 1. The van der Waals surface area contributed by atoms with E-state index >= 15 is 0 Å². The summed E-state index contributed by atoms with van der Waals surface area (Å²) in [5, 5.41) is 3.29. The Morgan fingerprint density at radius 3 is 2.41 bits per heavy atom. The first-order valence-electron chi connectivity index (χ1n) is 9.10. The van der Waals surface area contributed by atoms with Gasteiger partial charge in [0.2, 0.25) is 0 Å². The predicted molar refractivity (Wildman–Crippen MR) is 108 cm³/mol. The first-order valence-corrected chi connectivity index (χ1v) is 9.10. The van der Waals surface area contributed by atoms with Gasteiger partial charge in [-0.3, -0.25) is 9.78 Å². The van der Waals surface area contributed by atoms with Crippen LogP contribution in [-0.2, 0) is 12.8 Å². The Bertz CT molecular complexity index is 835. The van der Waals surface area contributed by atoms with E-state index in [0.29, 0.717) is 12.1 Å². The van der Waals surface area contributed by atoms with E-state index in [1.807, 2.05) is 49.5 Å². The third kappa shape index (κ3) is 5.64. The van der Waals surface area contributed by atoms with Crippen LogP contribution in [0.5, 0.6) is 0 Å². The van der Waals surface area contributed by atoms with Crippen LogP contribution in [0.1, 0.15) is 21.5 Å². The van der Waals surface area contributed by atoms with Crippen LogP contribution in [0.2, 0.25) is 0 Å². The molecule has 0 radical (unpaired) electrons. The van der Waals surface area contributed by atoms with Gasteiger partial charge in [0.15, 0.2) is 0 Å². The molecule has 1 amide bonds. The van der Waals surface area contributed by atoms with Crippen molar-refractivity contribution in [1.29, 1.82) is 0 Å². The Morgan fingerprint density at radius 1 is 0.963 bits per heavy atom. The molecule has 2 aromatic heterocycles. The molecule has 0 aliphatic carbocycles. The summed E-state index contributed by atoms with van der Waals surface area (Å²) >= 11 is 0. The van der Waals surface area contributed by atoms with Crippen LogP contribution in [0.4, 0.5) is 5.82 Å². The molecule has 3 rings (SSSR count). The van der Waals surface area contributed by atoms with Gasteiger partial charge >= 0.3 is 0 Å². The van der Waals surface area contributed by atoms with Crippen LogP contribution in [-0.4, -0.2) is 40.9 Å². The lowest BCUT2D eigenvalue weighted by atomic mass is 10.1. The van der Waals surface area contributed by atoms with Crippen molar-refractivity contribution >= 4 is 11.7 Å². The number of nitrogens with one attached hydrogen (secondary N) is 1. The maximum atomic E-state index is 12.5. The summed E-state index contributed by atoms with van der Waals surface area (Å²) < 4.78 is 0. The maximum absolute atomic E-state index is 12.5. The summed E-state index contributed by atoms with van der Waals surface area (Å²) in [6.45, 7) is 1.45. The van der Waals surface area contributed by atoms with E-state index in [-0.39, 0.29) is 5.91 Å². The second-order valence-electron chi connectivity index (χ2n) is 6.43. The number of benzene rings is 1. The molecule has 5 nitrogen and oxygen atoms in total. The van der Waals surface area contributed by atoms with Crippen molar-refractivity contribution in [2.45, 2.75) is 12.8 Å². The van der Waals surface area contributed by atoms with Crippen LogP contribution in [0, 0.1) is 0 Å². The van der Waals surface area contributed by atoms with Gasteiger partial charge in [-0.25, -0.2) is 4.98 Å². The van der Waals surface area contributed by atoms with Crippen molar-refractivity contribution in [1.82, 2.24) is 14.9 Å². The van der Waals surface area contributed by atoms with Crippen molar-refractivity contribution in [3.63, 3.8) is 0 Å². The van der Waals surface area contributed by atoms with Crippen LogP contribution < -0.4 is 5.32 Å². The van der Waals surface area contributed by atoms with Crippen LogP contribution in [0.25, 0.3) is 0 Å². The molecule has 2 heterocycles. The zero-order valence-corrected chi connectivity index (χ0v) is 15.5. The van der Waals surface area contributed by atoms with Gasteiger partial charge in [-0.1, -0.05) is 30.3 Å². The number of nitrogens with zero attached hydrogens (tertiary/aromatic N) is 3. The van der Waals surface area contributed by atoms with E-state index in [1.165, 1.54) is 11.1 Å². The van der Waals surface area contributed by atoms with Crippen molar-refractivity contribution in [3.8, 4) is 0 Å². The topological polar surface area (TPSA) is 58.1 Å². The molecule has 27 heavy (non-hydrogen) atoms. The lowest BCUT2D eigenvalue weighted by Crippen LogP contribution is -2.29. The van der Waals surface area contributed by atoms with Crippen molar-refractivity contribution < 1.29 is 4.79 Å². The number of carbonyl (C=O) groups excluding carboxylic acids is 1.